The second kappa shape index (κ2) is 11.9. The van der Waals surface area contributed by atoms with E-state index in [0.29, 0.717) is 4.90 Å². The van der Waals surface area contributed by atoms with Crippen molar-refractivity contribution in [2.24, 2.45) is 0 Å². The van der Waals surface area contributed by atoms with Crippen LogP contribution in [-0.2, 0) is 19.1 Å². The number of piperazine rings is 1. The first-order chi connectivity index (χ1) is 17.6. The molecule has 1 heterocycles. The van der Waals surface area contributed by atoms with Crippen molar-refractivity contribution in [1.29, 1.82) is 0 Å². The van der Waals surface area contributed by atoms with Crippen molar-refractivity contribution in [2.75, 3.05) is 33.9 Å². The molecule has 0 bridgehead atoms. The summed E-state index contributed by atoms with van der Waals surface area (Å²) < 4.78 is 9.55. The summed E-state index contributed by atoms with van der Waals surface area (Å²) in [6.07, 6.45) is -0.623. The fraction of sp³-hybridized carbons (Fsp3) is 0.346. The summed E-state index contributed by atoms with van der Waals surface area (Å²) in [4.78, 5) is 53.1. The van der Waals surface area contributed by atoms with Gasteiger partial charge in [0.25, 0.3) is 11.6 Å². The van der Waals surface area contributed by atoms with Crippen LogP contribution in [0.4, 0.5) is 10.5 Å². The Labute approximate surface area is 219 Å². The second-order valence-corrected chi connectivity index (χ2v) is 9.75. The van der Waals surface area contributed by atoms with Crippen molar-refractivity contribution < 1.29 is 28.8 Å². The lowest BCUT2D eigenvalue weighted by Crippen LogP contribution is -2.59. The van der Waals surface area contributed by atoms with Gasteiger partial charge in [-0.3, -0.25) is 14.9 Å². The number of rotatable bonds is 7. The molecule has 1 saturated heterocycles. The number of carbonyl (C=O) groups is 3. The van der Waals surface area contributed by atoms with E-state index in [0.717, 1.165) is 10.5 Å². The maximum absolute atomic E-state index is 13.4. The molecule has 1 atom stereocenters. The minimum absolute atomic E-state index is 0.0114. The molecule has 1 aliphatic heterocycles. The first-order valence-electron chi connectivity index (χ1n) is 11.5. The summed E-state index contributed by atoms with van der Waals surface area (Å²) >= 11 is 1.29. The zero-order valence-corrected chi connectivity index (χ0v) is 21.9. The summed E-state index contributed by atoms with van der Waals surface area (Å²) in [6, 6.07) is 11.2. The van der Waals surface area contributed by atoms with Gasteiger partial charge in [-0.2, -0.15) is 0 Å². The monoisotopic (exact) mass is 527 g/mol. The quantitative estimate of drug-likeness (QED) is 0.226. The summed E-state index contributed by atoms with van der Waals surface area (Å²) in [5.74, 6) is -1.04. The van der Waals surface area contributed by atoms with Crippen molar-refractivity contribution in [3.63, 3.8) is 0 Å². The maximum Gasteiger partial charge on any atom is 0.409 e. The fourth-order valence-corrected chi connectivity index (χ4v) is 5.24. The van der Waals surface area contributed by atoms with Crippen LogP contribution in [0.1, 0.15) is 30.9 Å². The summed E-state index contributed by atoms with van der Waals surface area (Å²) in [5, 5.41) is 11.9. The molecule has 3 rings (SSSR count). The van der Waals surface area contributed by atoms with Crippen LogP contribution in [0, 0.1) is 10.1 Å². The topological polar surface area (TPSA) is 119 Å². The van der Waals surface area contributed by atoms with Crippen LogP contribution in [0.15, 0.2) is 58.8 Å². The van der Waals surface area contributed by atoms with Crippen molar-refractivity contribution >= 4 is 41.0 Å². The van der Waals surface area contributed by atoms with Gasteiger partial charge in [0.05, 0.1) is 30.6 Å². The number of hydrogen-bond acceptors (Lipinski definition) is 8. The third-order valence-electron chi connectivity index (χ3n) is 6.07. The predicted octanol–water partition coefficient (Wildman–Crippen LogP) is 4.33. The van der Waals surface area contributed by atoms with Crippen molar-refractivity contribution in [3.8, 4) is 0 Å². The van der Waals surface area contributed by atoms with E-state index in [1.807, 2.05) is 24.3 Å². The minimum atomic E-state index is -1.07. The molecular formula is C26H29N3O7S. The Balaban J connectivity index is 1.89. The number of carbonyl (C=O) groups excluding carboxylic acids is 3. The molecule has 1 unspecified atom stereocenters. The van der Waals surface area contributed by atoms with Crippen molar-refractivity contribution in [1.82, 2.24) is 9.80 Å². The third-order valence-corrected chi connectivity index (χ3v) is 7.23. The second-order valence-electron chi connectivity index (χ2n) is 8.67. The number of ether oxygens (including phenoxy) is 2. The molecule has 2 aromatic carbocycles. The van der Waals surface area contributed by atoms with Crippen LogP contribution < -0.4 is 0 Å². The van der Waals surface area contributed by atoms with Gasteiger partial charge < -0.3 is 19.3 Å². The van der Waals surface area contributed by atoms with Gasteiger partial charge in [-0.05, 0) is 29.2 Å². The first-order valence-corrected chi connectivity index (χ1v) is 12.4. The Kier molecular flexibility index (Phi) is 8.93. The molecule has 37 heavy (non-hydrogen) atoms. The van der Waals surface area contributed by atoms with Crippen LogP contribution in [-0.4, -0.2) is 72.6 Å². The van der Waals surface area contributed by atoms with E-state index in [-0.39, 0.29) is 42.4 Å². The molecule has 0 spiro atoms. The molecule has 0 aliphatic carbocycles. The molecule has 0 aromatic heterocycles. The SMILES string of the molecule is C=C(C(=O)N1CCN(C(=O)OC)CC1C(=O)OC)c1ccc(Sc2ccccc2C(C)C)c([N+](=O)[O-])c1. The summed E-state index contributed by atoms with van der Waals surface area (Å²) in [6.45, 7) is 8.04. The predicted molar refractivity (Wildman–Crippen MR) is 138 cm³/mol. The summed E-state index contributed by atoms with van der Waals surface area (Å²) in [7, 11) is 2.42. The number of benzene rings is 2. The number of hydrogen-bond donors (Lipinski definition) is 0. The normalized spacial score (nSPS) is 15.3. The fourth-order valence-electron chi connectivity index (χ4n) is 4.06. The standard InChI is InChI=1S/C26H29N3O7S/c1-16(2)19-8-6-7-9-22(19)37-23-11-10-18(14-20(23)29(33)34)17(3)24(30)28-13-12-27(26(32)36-5)15-21(28)25(31)35-4/h6-11,14,16,21H,3,12-13,15H2,1-2,4-5H3. The lowest BCUT2D eigenvalue weighted by atomic mass is 10.0. The van der Waals surface area contributed by atoms with Gasteiger partial charge >= 0.3 is 12.1 Å². The molecule has 0 N–H and O–H groups in total. The number of nitrogens with zero attached hydrogens (tertiary/aromatic N) is 3. The van der Waals surface area contributed by atoms with Crippen molar-refractivity contribution in [2.45, 2.75) is 35.6 Å². The van der Waals surface area contributed by atoms with E-state index in [9.17, 15) is 24.5 Å². The zero-order valence-electron chi connectivity index (χ0n) is 21.1. The van der Waals surface area contributed by atoms with Crippen LogP contribution in [0.3, 0.4) is 0 Å². The van der Waals surface area contributed by atoms with Gasteiger partial charge in [-0.25, -0.2) is 9.59 Å². The Bertz CT molecular complexity index is 1230. The van der Waals surface area contributed by atoms with E-state index >= 15 is 0 Å². The Morgan fingerprint density at radius 1 is 1.08 bits per heavy atom. The number of esters is 1. The number of amides is 2. The zero-order chi connectivity index (χ0) is 27.3. The average Bonchev–Trinajstić information content (AvgIpc) is 2.91. The van der Waals surface area contributed by atoms with E-state index < -0.39 is 28.9 Å². The maximum atomic E-state index is 13.4. The van der Waals surface area contributed by atoms with E-state index in [4.69, 9.17) is 9.47 Å². The molecule has 196 valence electrons. The number of nitro groups is 1. The largest absolute Gasteiger partial charge is 0.467 e. The van der Waals surface area contributed by atoms with E-state index in [1.165, 1.54) is 41.8 Å². The molecule has 2 amide bonds. The van der Waals surface area contributed by atoms with Gasteiger partial charge in [-0.1, -0.05) is 56.5 Å². The molecular weight excluding hydrogens is 498 g/mol. The average molecular weight is 528 g/mol. The third kappa shape index (κ3) is 6.11. The Hall–Kier alpha value is -3.86. The number of nitro benzene ring substituents is 1. The lowest BCUT2D eigenvalue weighted by molar-refractivity contribution is -0.387. The van der Waals surface area contributed by atoms with Gasteiger partial charge in [0, 0.05) is 29.6 Å². The highest BCUT2D eigenvalue weighted by Gasteiger charge is 2.39. The van der Waals surface area contributed by atoms with Crippen LogP contribution in [0.25, 0.3) is 5.57 Å². The molecule has 1 fully saturated rings. The molecule has 1 aliphatic rings. The van der Waals surface area contributed by atoms with E-state index in [1.54, 1.807) is 12.1 Å². The molecule has 0 radical (unpaired) electrons. The highest BCUT2D eigenvalue weighted by molar-refractivity contribution is 7.99. The Morgan fingerprint density at radius 3 is 2.41 bits per heavy atom. The van der Waals surface area contributed by atoms with Gasteiger partial charge in [0.2, 0.25) is 0 Å². The molecule has 10 nitrogen and oxygen atoms in total. The Morgan fingerprint density at radius 2 is 1.78 bits per heavy atom. The number of methoxy groups -OCH3 is 2. The highest BCUT2D eigenvalue weighted by Crippen LogP contribution is 2.39. The molecule has 11 heteroatoms. The van der Waals surface area contributed by atoms with Crippen LogP contribution in [0.5, 0.6) is 0 Å². The van der Waals surface area contributed by atoms with E-state index in [2.05, 4.69) is 20.4 Å². The highest BCUT2D eigenvalue weighted by atomic mass is 32.2. The molecule has 0 saturated carbocycles. The van der Waals surface area contributed by atoms with Gasteiger partial charge in [0.15, 0.2) is 0 Å². The minimum Gasteiger partial charge on any atom is -0.467 e. The van der Waals surface area contributed by atoms with Gasteiger partial charge in [-0.15, -0.1) is 0 Å². The first kappa shape index (κ1) is 27.7. The summed E-state index contributed by atoms with van der Waals surface area (Å²) in [5.41, 5.74) is 1.17. The molecule has 2 aromatic rings. The van der Waals surface area contributed by atoms with Crippen LogP contribution >= 0.6 is 11.8 Å². The lowest BCUT2D eigenvalue weighted by Gasteiger charge is -2.39. The van der Waals surface area contributed by atoms with Crippen LogP contribution in [0.2, 0.25) is 0 Å². The van der Waals surface area contributed by atoms with Crippen molar-refractivity contribution in [3.05, 3.63) is 70.3 Å². The van der Waals surface area contributed by atoms with Gasteiger partial charge in [0.1, 0.15) is 6.04 Å². The smallest absolute Gasteiger partial charge is 0.409 e.